The molecule has 2 heterocycles. The van der Waals surface area contributed by atoms with Gasteiger partial charge in [-0.25, -0.2) is 4.98 Å². The topological polar surface area (TPSA) is 57.7 Å². The third kappa shape index (κ3) is 4.52. The average molecular weight is 354 g/mol. The molecule has 1 amide bonds. The van der Waals surface area contributed by atoms with Crippen molar-refractivity contribution < 1.29 is 9.53 Å². The second-order valence-corrected chi connectivity index (χ2v) is 6.45. The van der Waals surface area contributed by atoms with E-state index in [1.165, 1.54) is 0 Å². The lowest BCUT2D eigenvalue weighted by molar-refractivity contribution is -0.126. The van der Waals surface area contributed by atoms with Crippen molar-refractivity contribution in [1.29, 1.82) is 0 Å². The highest BCUT2D eigenvalue weighted by molar-refractivity contribution is 5.81. The number of carbonyl (C=O) groups is 1. The van der Waals surface area contributed by atoms with Crippen LogP contribution < -0.4 is 15.0 Å². The van der Waals surface area contributed by atoms with E-state index in [1.807, 2.05) is 55.6 Å². The van der Waals surface area contributed by atoms with Crippen LogP contribution in [0.25, 0.3) is 0 Å². The molecule has 26 heavy (non-hydrogen) atoms. The number of hydrogen-bond donors (Lipinski definition) is 1. The van der Waals surface area contributed by atoms with Crippen LogP contribution in [0.1, 0.15) is 12.5 Å². The molecular formula is C20H26N4O2. The highest BCUT2D eigenvalue weighted by Gasteiger charge is 2.25. The molecule has 0 saturated carbocycles. The number of ether oxygens (including phenoxy) is 1. The molecule has 3 rings (SSSR count). The van der Waals surface area contributed by atoms with E-state index in [0.29, 0.717) is 6.54 Å². The number of carbonyl (C=O) groups excluding carboxylic acids is 1. The van der Waals surface area contributed by atoms with Gasteiger partial charge in [0.1, 0.15) is 11.6 Å². The van der Waals surface area contributed by atoms with Gasteiger partial charge >= 0.3 is 0 Å². The highest BCUT2D eigenvalue weighted by atomic mass is 16.5. The predicted octanol–water partition coefficient (Wildman–Crippen LogP) is 1.92. The zero-order valence-corrected chi connectivity index (χ0v) is 15.4. The Kier molecular flexibility index (Phi) is 6.07. The van der Waals surface area contributed by atoms with Gasteiger partial charge in [0.05, 0.1) is 13.2 Å². The second kappa shape index (κ2) is 8.67. The summed E-state index contributed by atoms with van der Waals surface area (Å²) in [5.74, 6) is 1.88. The molecule has 138 valence electrons. The van der Waals surface area contributed by atoms with E-state index in [0.717, 1.165) is 43.3 Å². The van der Waals surface area contributed by atoms with Crippen molar-refractivity contribution in [2.75, 3.05) is 38.2 Å². The van der Waals surface area contributed by atoms with Gasteiger partial charge in [0.25, 0.3) is 0 Å². The number of rotatable bonds is 6. The number of benzene rings is 1. The molecule has 1 aliphatic rings. The number of amides is 1. The molecule has 0 radical (unpaired) electrons. The average Bonchev–Trinajstić information content (AvgIpc) is 2.72. The van der Waals surface area contributed by atoms with Gasteiger partial charge in [-0.2, -0.15) is 0 Å². The summed E-state index contributed by atoms with van der Waals surface area (Å²) in [6.45, 7) is 5.97. The van der Waals surface area contributed by atoms with Crippen LogP contribution in [-0.2, 0) is 11.3 Å². The van der Waals surface area contributed by atoms with Gasteiger partial charge < -0.3 is 15.0 Å². The Morgan fingerprint density at radius 1 is 1.15 bits per heavy atom. The van der Waals surface area contributed by atoms with Crippen molar-refractivity contribution in [1.82, 2.24) is 15.2 Å². The Balaban J connectivity index is 1.46. The second-order valence-electron chi connectivity index (χ2n) is 6.45. The van der Waals surface area contributed by atoms with E-state index in [4.69, 9.17) is 4.74 Å². The van der Waals surface area contributed by atoms with Crippen LogP contribution in [0.3, 0.4) is 0 Å². The third-order valence-electron chi connectivity index (χ3n) is 4.84. The standard InChI is InChI=1S/C20H26N4O2/c1-16(20(25)22-15-17-6-8-18(26-2)9-7-17)23-11-13-24(14-12-23)19-5-3-4-10-21-19/h3-10,16H,11-15H2,1-2H3,(H,22,25)/t16-/m0/s1. The Bertz CT molecular complexity index is 698. The maximum Gasteiger partial charge on any atom is 0.237 e. The fourth-order valence-electron chi connectivity index (χ4n) is 3.13. The van der Waals surface area contributed by atoms with Gasteiger partial charge in [-0.1, -0.05) is 18.2 Å². The minimum atomic E-state index is -0.140. The zero-order valence-electron chi connectivity index (χ0n) is 15.4. The van der Waals surface area contributed by atoms with Gasteiger partial charge in [0.2, 0.25) is 5.91 Å². The summed E-state index contributed by atoms with van der Waals surface area (Å²) in [7, 11) is 1.64. The van der Waals surface area contributed by atoms with Crippen LogP contribution in [0.4, 0.5) is 5.82 Å². The molecule has 0 aliphatic carbocycles. The smallest absolute Gasteiger partial charge is 0.237 e. The number of pyridine rings is 1. The van der Waals surface area contributed by atoms with E-state index in [9.17, 15) is 4.79 Å². The summed E-state index contributed by atoms with van der Waals surface area (Å²) in [4.78, 5) is 21.4. The first-order valence-corrected chi connectivity index (χ1v) is 8.98. The number of methoxy groups -OCH3 is 1. The van der Waals surface area contributed by atoms with Crippen LogP contribution >= 0.6 is 0 Å². The molecule has 1 aromatic heterocycles. The van der Waals surface area contributed by atoms with E-state index in [1.54, 1.807) is 7.11 Å². The van der Waals surface area contributed by atoms with Crippen molar-refractivity contribution in [2.45, 2.75) is 19.5 Å². The zero-order chi connectivity index (χ0) is 18.4. The number of nitrogens with one attached hydrogen (secondary N) is 1. The molecule has 2 aromatic rings. The van der Waals surface area contributed by atoms with Crippen molar-refractivity contribution in [3.05, 3.63) is 54.2 Å². The van der Waals surface area contributed by atoms with Crippen LogP contribution in [0.2, 0.25) is 0 Å². The first-order valence-electron chi connectivity index (χ1n) is 8.98. The molecule has 1 N–H and O–H groups in total. The molecule has 1 atom stereocenters. The van der Waals surface area contributed by atoms with Crippen molar-refractivity contribution in [3.63, 3.8) is 0 Å². The SMILES string of the molecule is COc1ccc(CNC(=O)[C@H](C)N2CCN(c3ccccn3)CC2)cc1. The number of aromatic nitrogens is 1. The normalized spacial score (nSPS) is 16.2. The quantitative estimate of drug-likeness (QED) is 0.859. The summed E-state index contributed by atoms with van der Waals surface area (Å²) >= 11 is 0. The maximum atomic E-state index is 12.5. The van der Waals surface area contributed by atoms with Gasteiger partial charge in [-0.3, -0.25) is 9.69 Å². The Labute approximate surface area is 154 Å². The number of nitrogens with zero attached hydrogens (tertiary/aromatic N) is 3. The lowest BCUT2D eigenvalue weighted by atomic mass is 10.2. The summed E-state index contributed by atoms with van der Waals surface area (Å²) in [5, 5.41) is 3.03. The van der Waals surface area contributed by atoms with Crippen LogP contribution in [0.5, 0.6) is 5.75 Å². The molecule has 0 spiro atoms. The van der Waals surface area contributed by atoms with Crippen molar-refractivity contribution in [3.8, 4) is 5.75 Å². The number of piperazine rings is 1. The largest absolute Gasteiger partial charge is 0.497 e. The fraction of sp³-hybridized carbons (Fsp3) is 0.400. The summed E-state index contributed by atoms with van der Waals surface area (Å²) < 4.78 is 5.15. The van der Waals surface area contributed by atoms with Gasteiger partial charge in [-0.05, 0) is 36.8 Å². The van der Waals surface area contributed by atoms with E-state index in [2.05, 4.69) is 20.1 Å². The number of hydrogen-bond acceptors (Lipinski definition) is 5. The molecule has 0 unspecified atom stereocenters. The Hall–Kier alpha value is -2.60. The molecule has 0 bridgehead atoms. The minimum absolute atomic E-state index is 0.0621. The van der Waals surface area contributed by atoms with Gasteiger partial charge in [0, 0.05) is 38.9 Å². The minimum Gasteiger partial charge on any atom is -0.497 e. The lowest BCUT2D eigenvalue weighted by Gasteiger charge is -2.37. The summed E-state index contributed by atoms with van der Waals surface area (Å²) in [6, 6.07) is 13.6. The van der Waals surface area contributed by atoms with E-state index >= 15 is 0 Å². The fourth-order valence-corrected chi connectivity index (χ4v) is 3.13. The molecule has 6 nitrogen and oxygen atoms in total. The molecule has 1 fully saturated rings. The van der Waals surface area contributed by atoms with Crippen molar-refractivity contribution >= 4 is 11.7 Å². The Morgan fingerprint density at radius 2 is 1.88 bits per heavy atom. The van der Waals surface area contributed by atoms with Crippen LogP contribution in [-0.4, -0.2) is 55.1 Å². The van der Waals surface area contributed by atoms with Crippen LogP contribution in [0, 0.1) is 0 Å². The summed E-state index contributed by atoms with van der Waals surface area (Å²) in [6.07, 6.45) is 1.82. The Morgan fingerprint density at radius 3 is 2.50 bits per heavy atom. The summed E-state index contributed by atoms with van der Waals surface area (Å²) in [5.41, 5.74) is 1.06. The first-order chi connectivity index (χ1) is 12.7. The van der Waals surface area contributed by atoms with Crippen molar-refractivity contribution in [2.24, 2.45) is 0 Å². The van der Waals surface area contributed by atoms with E-state index < -0.39 is 0 Å². The van der Waals surface area contributed by atoms with Crippen LogP contribution in [0.15, 0.2) is 48.7 Å². The highest BCUT2D eigenvalue weighted by Crippen LogP contribution is 2.14. The molecular weight excluding hydrogens is 328 g/mol. The van der Waals surface area contributed by atoms with Gasteiger partial charge in [-0.15, -0.1) is 0 Å². The molecule has 6 heteroatoms. The maximum absolute atomic E-state index is 12.5. The molecule has 1 aliphatic heterocycles. The molecule has 1 aromatic carbocycles. The van der Waals surface area contributed by atoms with Gasteiger partial charge in [0.15, 0.2) is 0 Å². The molecule has 1 saturated heterocycles. The monoisotopic (exact) mass is 354 g/mol. The lowest BCUT2D eigenvalue weighted by Crippen LogP contribution is -2.54. The number of anilines is 1. The third-order valence-corrected chi connectivity index (χ3v) is 4.84. The van der Waals surface area contributed by atoms with E-state index in [-0.39, 0.29) is 11.9 Å². The first kappa shape index (κ1) is 18.2. The predicted molar refractivity (Wildman–Crippen MR) is 102 cm³/mol.